The molecule has 5 heteroatoms. The van der Waals surface area contributed by atoms with E-state index in [2.05, 4.69) is 4.98 Å². The standard InChI is InChI=1S/C15H15NO4/c1-3-20-13(17)8-7-10-9-16-12-6-4-5-11(14(10)12)15(18)19-2/h4-9,16H,3H2,1-2H3. The highest BCUT2D eigenvalue weighted by Crippen LogP contribution is 2.24. The molecule has 0 fully saturated rings. The second kappa shape index (κ2) is 6.06. The van der Waals surface area contributed by atoms with Crippen LogP contribution in [0.25, 0.3) is 17.0 Å². The summed E-state index contributed by atoms with van der Waals surface area (Å²) in [5, 5.41) is 0.722. The van der Waals surface area contributed by atoms with Gasteiger partial charge in [-0.1, -0.05) is 6.07 Å². The maximum absolute atomic E-state index is 11.8. The summed E-state index contributed by atoms with van der Waals surface area (Å²) >= 11 is 0. The number of hydrogen-bond acceptors (Lipinski definition) is 4. The van der Waals surface area contributed by atoms with E-state index >= 15 is 0 Å². The molecule has 0 radical (unpaired) electrons. The third kappa shape index (κ3) is 2.71. The van der Waals surface area contributed by atoms with Gasteiger partial charge < -0.3 is 14.5 Å². The number of H-pyrrole nitrogens is 1. The molecule has 1 aromatic carbocycles. The van der Waals surface area contributed by atoms with E-state index in [0.29, 0.717) is 12.2 Å². The van der Waals surface area contributed by atoms with Gasteiger partial charge in [-0.15, -0.1) is 0 Å². The quantitative estimate of drug-likeness (QED) is 0.686. The largest absolute Gasteiger partial charge is 0.465 e. The van der Waals surface area contributed by atoms with Crippen molar-refractivity contribution in [2.45, 2.75) is 6.92 Å². The molecule has 0 saturated carbocycles. The minimum atomic E-state index is -0.419. The van der Waals surface area contributed by atoms with Crippen LogP contribution in [-0.4, -0.2) is 30.6 Å². The van der Waals surface area contributed by atoms with Gasteiger partial charge in [0.25, 0.3) is 0 Å². The lowest BCUT2D eigenvalue weighted by Gasteiger charge is -2.02. The SMILES string of the molecule is CCOC(=O)C=Cc1c[nH]c2cccc(C(=O)OC)c12. The molecule has 1 heterocycles. The van der Waals surface area contributed by atoms with Gasteiger partial charge in [-0.25, -0.2) is 9.59 Å². The molecule has 0 saturated heterocycles. The van der Waals surface area contributed by atoms with E-state index in [1.54, 1.807) is 31.3 Å². The molecule has 0 atom stereocenters. The summed E-state index contributed by atoms with van der Waals surface area (Å²) in [4.78, 5) is 26.2. The second-order valence-electron chi connectivity index (χ2n) is 4.05. The molecule has 20 heavy (non-hydrogen) atoms. The number of ether oxygens (including phenoxy) is 2. The van der Waals surface area contributed by atoms with Crippen LogP contribution in [0, 0.1) is 0 Å². The van der Waals surface area contributed by atoms with Gasteiger partial charge in [-0.3, -0.25) is 0 Å². The Morgan fingerprint density at radius 2 is 2.15 bits per heavy atom. The van der Waals surface area contributed by atoms with Crippen LogP contribution in [-0.2, 0) is 14.3 Å². The van der Waals surface area contributed by atoms with Gasteiger partial charge in [-0.05, 0) is 25.1 Å². The minimum Gasteiger partial charge on any atom is -0.465 e. The normalized spacial score (nSPS) is 10.9. The molecule has 104 valence electrons. The highest BCUT2D eigenvalue weighted by atomic mass is 16.5. The Morgan fingerprint density at radius 1 is 1.35 bits per heavy atom. The highest BCUT2D eigenvalue weighted by molar-refractivity contribution is 6.07. The monoisotopic (exact) mass is 273 g/mol. The molecule has 0 aliphatic rings. The van der Waals surface area contributed by atoms with Crippen LogP contribution in [0.5, 0.6) is 0 Å². The zero-order valence-electron chi connectivity index (χ0n) is 11.3. The summed E-state index contributed by atoms with van der Waals surface area (Å²) in [5.41, 5.74) is 1.99. The van der Waals surface area contributed by atoms with Gasteiger partial charge >= 0.3 is 11.9 Å². The molecular formula is C15H15NO4. The number of rotatable bonds is 4. The molecule has 0 unspecified atom stereocenters. The van der Waals surface area contributed by atoms with Crippen molar-refractivity contribution in [3.05, 3.63) is 41.6 Å². The number of aromatic amines is 1. The summed E-state index contributed by atoms with van der Waals surface area (Å²) in [5.74, 6) is -0.835. The first-order valence-corrected chi connectivity index (χ1v) is 6.20. The van der Waals surface area contributed by atoms with Crippen molar-refractivity contribution in [1.82, 2.24) is 4.98 Å². The molecule has 0 aliphatic carbocycles. The average Bonchev–Trinajstić information content (AvgIpc) is 2.87. The van der Waals surface area contributed by atoms with E-state index in [9.17, 15) is 9.59 Å². The minimum absolute atomic E-state index is 0.324. The van der Waals surface area contributed by atoms with Gasteiger partial charge in [0.2, 0.25) is 0 Å². The zero-order valence-corrected chi connectivity index (χ0v) is 11.3. The third-order valence-electron chi connectivity index (χ3n) is 2.83. The van der Waals surface area contributed by atoms with E-state index < -0.39 is 11.9 Å². The van der Waals surface area contributed by atoms with Crippen LogP contribution in [0.3, 0.4) is 0 Å². The van der Waals surface area contributed by atoms with E-state index in [0.717, 1.165) is 16.5 Å². The van der Waals surface area contributed by atoms with Crippen LogP contribution in [0.1, 0.15) is 22.8 Å². The number of methoxy groups -OCH3 is 1. The van der Waals surface area contributed by atoms with Crippen molar-refractivity contribution in [1.29, 1.82) is 0 Å². The first-order chi connectivity index (χ1) is 9.67. The first-order valence-electron chi connectivity index (χ1n) is 6.20. The van der Waals surface area contributed by atoms with Crippen LogP contribution >= 0.6 is 0 Å². The maximum atomic E-state index is 11.8. The Morgan fingerprint density at radius 3 is 2.85 bits per heavy atom. The smallest absolute Gasteiger partial charge is 0.338 e. The number of fused-ring (bicyclic) bond motifs is 1. The molecule has 5 nitrogen and oxygen atoms in total. The summed E-state index contributed by atoms with van der Waals surface area (Å²) in [7, 11) is 1.34. The zero-order chi connectivity index (χ0) is 14.5. The van der Waals surface area contributed by atoms with Gasteiger partial charge in [-0.2, -0.15) is 0 Å². The Hall–Kier alpha value is -2.56. The second-order valence-corrected chi connectivity index (χ2v) is 4.05. The first kappa shape index (κ1) is 13.9. The number of nitrogens with one attached hydrogen (secondary N) is 1. The van der Waals surface area contributed by atoms with Gasteiger partial charge in [0.15, 0.2) is 0 Å². The number of carbonyl (C=O) groups is 2. The third-order valence-corrected chi connectivity index (χ3v) is 2.83. The fourth-order valence-corrected chi connectivity index (χ4v) is 1.97. The maximum Gasteiger partial charge on any atom is 0.338 e. The van der Waals surface area contributed by atoms with Crippen molar-refractivity contribution >= 4 is 28.9 Å². The van der Waals surface area contributed by atoms with Crippen LogP contribution in [0.2, 0.25) is 0 Å². The topological polar surface area (TPSA) is 68.4 Å². The predicted octanol–water partition coefficient (Wildman–Crippen LogP) is 2.53. The number of carbonyl (C=O) groups excluding carboxylic acids is 2. The number of aromatic nitrogens is 1. The van der Waals surface area contributed by atoms with Crippen LogP contribution in [0.15, 0.2) is 30.5 Å². The Kier molecular flexibility index (Phi) is 4.20. The summed E-state index contributed by atoms with van der Waals surface area (Å²) in [6, 6.07) is 5.30. The van der Waals surface area contributed by atoms with Crippen molar-refractivity contribution in [3.8, 4) is 0 Å². The van der Waals surface area contributed by atoms with E-state index in [1.165, 1.54) is 13.2 Å². The van der Waals surface area contributed by atoms with E-state index in [1.807, 2.05) is 6.07 Å². The van der Waals surface area contributed by atoms with Crippen molar-refractivity contribution < 1.29 is 19.1 Å². The lowest BCUT2D eigenvalue weighted by atomic mass is 10.1. The average molecular weight is 273 g/mol. The number of esters is 2. The fourth-order valence-electron chi connectivity index (χ4n) is 1.97. The lowest BCUT2D eigenvalue weighted by molar-refractivity contribution is -0.137. The number of hydrogen-bond donors (Lipinski definition) is 1. The molecule has 2 aromatic rings. The van der Waals surface area contributed by atoms with E-state index in [-0.39, 0.29) is 0 Å². The van der Waals surface area contributed by atoms with Crippen LogP contribution < -0.4 is 0 Å². The molecule has 0 spiro atoms. The highest BCUT2D eigenvalue weighted by Gasteiger charge is 2.13. The summed E-state index contributed by atoms with van der Waals surface area (Å²) in [6.45, 7) is 2.07. The Balaban J connectivity index is 2.44. The Bertz CT molecular complexity index is 670. The van der Waals surface area contributed by atoms with Crippen LogP contribution in [0.4, 0.5) is 0 Å². The molecule has 0 bridgehead atoms. The molecule has 1 N–H and O–H groups in total. The van der Waals surface area contributed by atoms with Crippen molar-refractivity contribution in [2.24, 2.45) is 0 Å². The molecular weight excluding hydrogens is 258 g/mol. The van der Waals surface area contributed by atoms with Gasteiger partial charge in [0.1, 0.15) is 0 Å². The summed E-state index contributed by atoms with van der Waals surface area (Å²) < 4.78 is 9.59. The molecule has 1 aromatic heterocycles. The number of benzene rings is 1. The Labute approximate surface area is 116 Å². The van der Waals surface area contributed by atoms with Crippen molar-refractivity contribution in [3.63, 3.8) is 0 Å². The lowest BCUT2D eigenvalue weighted by Crippen LogP contribution is -2.02. The van der Waals surface area contributed by atoms with E-state index in [4.69, 9.17) is 9.47 Å². The van der Waals surface area contributed by atoms with Gasteiger partial charge in [0, 0.05) is 28.7 Å². The molecule has 2 rings (SSSR count). The molecule has 0 aliphatic heterocycles. The fraction of sp³-hybridized carbons (Fsp3) is 0.200. The summed E-state index contributed by atoms with van der Waals surface area (Å²) in [6.07, 6.45) is 4.68. The van der Waals surface area contributed by atoms with Crippen molar-refractivity contribution in [2.75, 3.05) is 13.7 Å². The predicted molar refractivity (Wildman–Crippen MR) is 75.3 cm³/mol. The van der Waals surface area contributed by atoms with Gasteiger partial charge in [0.05, 0.1) is 19.3 Å². The molecule has 0 amide bonds.